The average molecular weight is 384 g/mol. The molecule has 2 rings (SSSR count). The van der Waals surface area contributed by atoms with Gasteiger partial charge in [-0.3, -0.25) is 4.98 Å². The number of nitrogens with zero attached hydrogens (tertiary/aromatic N) is 1. The molecule has 1 N–H and O–H groups in total. The number of imidazole rings is 1. The molecule has 0 bridgehead atoms. The van der Waals surface area contributed by atoms with Crippen LogP contribution in [0.1, 0.15) is 103 Å². The molecule has 0 aliphatic carbocycles. The number of hydrogen-bond acceptors (Lipinski definition) is 0. The minimum atomic E-state index is 0.537. The predicted molar refractivity (Wildman–Crippen MR) is 120 cm³/mol. The Kier molecular flexibility index (Phi) is 11.7. The zero-order valence-electron chi connectivity index (χ0n) is 18.4. The number of nitrogens with one attached hydrogen (secondary N) is 1. The number of unbranched alkanes of at least 4 members (excludes halogenated alkanes) is 10. The summed E-state index contributed by atoms with van der Waals surface area (Å²) in [5.74, 6) is 0.696. The summed E-state index contributed by atoms with van der Waals surface area (Å²) in [5, 5.41) is 0. The summed E-state index contributed by atoms with van der Waals surface area (Å²) in [7, 11) is 0. The van der Waals surface area contributed by atoms with Crippen molar-refractivity contribution in [2.24, 2.45) is 5.92 Å². The Balaban J connectivity index is 1.65. The summed E-state index contributed by atoms with van der Waals surface area (Å²) in [5.41, 5.74) is 1.47. The Hall–Kier alpha value is -1.57. The second-order valence-corrected chi connectivity index (χ2v) is 8.57. The summed E-state index contributed by atoms with van der Waals surface area (Å²) in [6.45, 7) is 4.67. The second-order valence-electron chi connectivity index (χ2n) is 8.57. The van der Waals surface area contributed by atoms with Gasteiger partial charge < -0.3 is 0 Å². The molecule has 0 fully saturated rings. The van der Waals surface area contributed by atoms with Crippen molar-refractivity contribution in [2.75, 3.05) is 0 Å². The first kappa shape index (κ1) is 22.7. The van der Waals surface area contributed by atoms with Gasteiger partial charge in [0.1, 0.15) is 18.4 Å². The smallest absolute Gasteiger partial charge is 0.241 e. The van der Waals surface area contributed by atoms with Crippen LogP contribution in [-0.4, -0.2) is 4.98 Å². The van der Waals surface area contributed by atoms with Gasteiger partial charge in [0.25, 0.3) is 0 Å². The first-order chi connectivity index (χ1) is 13.8. The van der Waals surface area contributed by atoms with Crippen molar-refractivity contribution in [1.82, 2.24) is 4.98 Å². The fourth-order valence-corrected chi connectivity index (χ4v) is 4.30. The Bertz CT molecular complexity index is 576. The van der Waals surface area contributed by atoms with Crippen LogP contribution in [0.3, 0.4) is 0 Å². The minimum Gasteiger partial charge on any atom is -0.250 e. The summed E-state index contributed by atoms with van der Waals surface area (Å²) in [6.07, 6.45) is 24.4. The van der Waals surface area contributed by atoms with E-state index >= 15 is 0 Å². The average Bonchev–Trinajstić information content (AvgIpc) is 3.26. The summed E-state index contributed by atoms with van der Waals surface area (Å²) >= 11 is 0. The Morgan fingerprint density at radius 1 is 0.821 bits per heavy atom. The van der Waals surface area contributed by atoms with Gasteiger partial charge in [-0.2, -0.15) is 0 Å². The third kappa shape index (κ3) is 9.08. The highest BCUT2D eigenvalue weighted by molar-refractivity contribution is 5.15. The van der Waals surface area contributed by atoms with E-state index in [0.29, 0.717) is 12.0 Å². The highest BCUT2D eigenvalue weighted by Crippen LogP contribution is 2.24. The molecule has 0 spiro atoms. The molecule has 1 aromatic heterocycles. The maximum absolute atomic E-state index is 3.20. The van der Waals surface area contributed by atoms with Gasteiger partial charge >= 0.3 is 0 Å². The number of rotatable bonds is 16. The molecule has 1 aromatic carbocycles. The zero-order chi connectivity index (χ0) is 19.9. The van der Waals surface area contributed by atoms with E-state index in [1.54, 1.807) is 0 Å². The molecule has 0 aliphatic heterocycles. The molecule has 0 aliphatic rings. The van der Waals surface area contributed by atoms with Crippen LogP contribution < -0.4 is 4.57 Å². The molecule has 0 amide bonds. The maximum Gasteiger partial charge on any atom is 0.241 e. The third-order valence-corrected chi connectivity index (χ3v) is 6.24. The van der Waals surface area contributed by atoms with Crippen LogP contribution in [0.15, 0.2) is 49.1 Å². The van der Waals surface area contributed by atoms with Crippen LogP contribution in [0.2, 0.25) is 0 Å². The van der Waals surface area contributed by atoms with Gasteiger partial charge in [-0.05, 0) is 25.3 Å². The van der Waals surface area contributed by atoms with Crippen molar-refractivity contribution < 1.29 is 4.57 Å². The lowest BCUT2D eigenvalue weighted by Crippen LogP contribution is -2.40. The van der Waals surface area contributed by atoms with Gasteiger partial charge in [-0.25, -0.2) is 4.57 Å². The Labute approximate surface area is 173 Å². The first-order valence-electron chi connectivity index (χ1n) is 11.9. The van der Waals surface area contributed by atoms with Crippen LogP contribution in [-0.2, 0) is 6.42 Å². The molecule has 2 nitrogen and oxygen atoms in total. The van der Waals surface area contributed by atoms with Crippen molar-refractivity contribution in [3.63, 3.8) is 0 Å². The molecule has 2 unspecified atom stereocenters. The van der Waals surface area contributed by atoms with E-state index in [4.69, 9.17) is 0 Å². The van der Waals surface area contributed by atoms with Crippen molar-refractivity contribution in [1.29, 1.82) is 0 Å². The van der Waals surface area contributed by atoms with Crippen LogP contribution in [0.25, 0.3) is 0 Å². The van der Waals surface area contributed by atoms with E-state index < -0.39 is 0 Å². The van der Waals surface area contributed by atoms with E-state index in [1.807, 2.05) is 6.20 Å². The van der Waals surface area contributed by atoms with Gasteiger partial charge in [0.15, 0.2) is 0 Å². The van der Waals surface area contributed by atoms with E-state index in [9.17, 15) is 0 Å². The standard InChI is InChI=1S/C26H42N2/c1-3-4-5-6-7-8-9-10-11-12-16-19-26(22-25-17-14-13-15-18-25)24(2)28-21-20-27-23-28/h13-15,17-18,20-21,23-24,26H,3-12,16,19,22H2,1-2H3/p+1. The van der Waals surface area contributed by atoms with Gasteiger partial charge in [-0.1, -0.05) is 108 Å². The molecular formula is C26H43N2+. The maximum atomic E-state index is 3.20. The zero-order valence-corrected chi connectivity index (χ0v) is 18.4. The molecule has 0 saturated heterocycles. The molecule has 0 radical (unpaired) electrons. The van der Waals surface area contributed by atoms with Crippen molar-refractivity contribution in [2.45, 2.75) is 103 Å². The lowest BCUT2D eigenvalue weighted by Gasteiger charge is -2.22. The lowest BCUT2D eigenvalue weighted by atomic mass is 9.88. The summed E-state index contributed by atoms with van der Waals surface area (Å²) in [4.78, 5) is 3.20. The Morgan fingerprint density at radius 3 is 2.00 bits per heavy atom. The SMILES string of the molecule is CCCCCCCCCCCCCC(Cc1ccccc1)C(C)[n+]1cc[nH]c1. The number of benzene rings is 1. The third-order valence-electron chi connectivity index (χ3n) is 6.24. The van der Waals surface area contributed by atoms with Crippen molar-refractivity contribution in [3.05, 3.63) is 54.6 Å². The number of aromatic nitrogens is 2. The molecule has 1 heterocycles. The monoisotopic (exact) mass is 383 g/mol. The summed E-state index contributed by atoms with van der Waals surface area (Å²) < 4.78 is 2.34. The molecule has 2 aromatic rings. The summed E-state index contributed by atoms with van der Waals surface area (Å²) in [6, 6.07) is 11.6. The van der Waals surface area contributed by atoms with Gasteiger partial charge in [0.2, 0.25) is 6.33 Å². The van der Waals surface area contributed by atoms with Gasteiger partial charge in [0, 0.05) is 5.92 Å². The Morgan fingerprint density at radius 2 is 1.43 bits per heavy atom. The van der Waals surface area contributed by atoms with Crippen LogP contribution in [0, 0.1) is 5.92 Å². The van der Waals surface area contributed by atoms with E-state index in [1.165, 1.54) is 89.0 Å². The molecule has 2 atom stereocenters. The number of H-pyrrole nitrogens is 1. The normalized spacial score (nSPS) is 13.5. The number of hydrogen-bond donors (Lipinski definition) is 1. The van der Waals surface area contributed by atoms with Crippen molar-refractivity contribution >= 4 is 0 Å². The fraction of sp³-hybridized carbons (Fsp3) is 0.654. The predicted octanol–water partition coefficient (Wildman–Crippen LogP) is 7.42. The second kappa shape index (κ2) is 14.4. The number of aromatic amines is 1. The van der Waals surface area contributed by atoms with Gasteiger partial charge in [-0.15, -0.1) is 0 Å². The molecule has 0 saturated carbocycles. The van der Waals surface area contributed by atoms with Crippen molar-refractivity contribution in [3.8, 4) is 0 Å². The molecule has 28 heavy (non-hydrogen) atoms. The fourth-order valence-electron chi connectivity index (χ4n) is 4.30. The van der Waals surface area contributed by atoms with E-state index in [2.05, 4.69) is 66.3 Å². The van der Waals surface area contributed by atoms with Gasteiger partial charge in [0.05, 0.1) is 0 Å². The topological polar surface area (TPSA) is 19.7 Å². The highest BCUT2D eigenvalue weighted by Gasteiger charge is 2.22. The van der Waals surface area contributed by atoms with Crippen LogP contribution in [0.5, 0.6) is 0 Å². The first-order valence-corrected chi connectivity index (χ1v) is 11.9. The van der Waals surface area contributed by atoms with Crippen LogP contribution >= 0.6 is 0 Å². The largest absolute Gasteiger partial charge is 0.250 e. The minimum absolute atomic E-state index is 0.537. The molecule has 156 valence electrons. The van der Waals surface area contributed by atoms with Crippen LogP contribution in [0.4, 0.5) is 0 Å². The molecular weight excluding hydrogens is 340 g/mol. The highest BCUT2D eigenvalue weighted by atomic mass is 15.0. The quantitative estimate of drug-likeness (QED) is 0.230. The van der Waals surface area contributed by atoms with E-state index in [-0.39, 0.29) is 0 Å². The van der Waals surface area contributed by atoms with E-state index in [0.717, 1.165) is 0 Å². The molecule has 2 heteroatoms. The lowest BCUT2D eigenvalue weighted by molar-refractivity contribution is -0.725.